The van der Waals surface area contributed by atoms with Gasteiger partial charge in [0.15, 0.2) is 5.69 Å². The van der Waals surface area contributed by atoms with Crippen LogP contribution in [0, 0.1) is 11.3 Å². The Kier molecular flexibility index (Phi) is 8.40. The lowest BCUT2D eigenvalue weighted by Gasteiger charge is -2.19. The first-order valence-electron chi connectivity index (χ1n) is 10.2. The monoisotopic (exact) mass is 461 g/mol. The maximum Gasteiger partial charge on any atom is 0.419 e. The zero-order valence-corrected chi connectivity index (χ0v) is 19.0. The predicted molar refractivity (Wildman–Crippen MR) is 121 cm³/mol. The Morgan fingerprint density at radius 2 is 1.97 bits per heavy atom. The Morgan fingerprint density at radius 3 is 2.52 bits per heavy atom. The fraction of sp³-hybridized carbons (Fsp3) is 0.391. The molecule has 33 heavy (non-hydrogen) atoms. The summed E-state index contributed by atoms with van der Waals surface area (Å²) in [6.45, 7) is 5.59. The number of nitriles is 1. The number of alkyl halides is 3. The predicted octanol–water partition coefficient (Wildman–Crippen LogP) is 4.67. The van der Waals surface area contributed by atoms with E-state index in [0.717, 1.165) is 6.07 Å². The van der Waals surface area contributed by atoms with Crippen molar-refractivity contribution in [1.29, 1.82) is 5.26 Å². The SMILES string of the molecule is C=Nc1c(N(C)C)cc(-c2ccc(OCCCN(C)C(=O)CC)c(C(F)(F)F)c2)nc1C#N. The number of hydrogen-bond donors (Lipinski definition) is 0. The van der Waals surface area contributed by atoms with Crippen LogP contribution in [-0.2, 0) is 11.0 Å². The minimum atomic E-state index is -4.66. The summed E-state index contributed by atoms with van der Waals surface area (Å²) in [5.41, 5.74) is 0.152. The first-order chi connectivity index (χ1) is 15.5. The minimum absolute atomic E-state index is 0.0189. The normalized spacial score (nSPS) is 11.0. The van der Waals surface area contributed by atoms with Gasteiger partial charge in [-0.2, -0.15) is 18.4 Å². The molecule has 0 bridgehead atoms. The summed E-state index contributed by atoms with van der Waals surface area (Å²) < 4.78 is 46.7. The number of amides is 1. The summed E-state index contributed by atoms with van der Waals surface area (Å²) in [5.74, 6) is -0.359. The number of aliphatic imine (C=N–C) groups is 1. The Bertz CT molecular complexity index is 1060. The number of anilines is 1. The van der Waals surface area contributed by atoms with Gasteiger partial charge in [-0.1, -0.05) is 6.92 Å². The summed E-state index contributed by atoms with van der Waals surface area (Å²) >= 11 is 0. The van der Waals surface area contributed by atoms with Gasteiger partial charge in [0.25, 0.3) is 0 Å². The standard InChI is InChI=1S/C23H26F3N5O2/c1-6-21(32)31(5)10-7-11-33-20-9-8-15(12-16(20)23(24,25)26)17-13-19(30(3)4)22(28-2)18(14-27)29-17/h8-9,12-13H,2,6-7,10-11H2,1,3-5H3. The van der Waals surface area contributed by atoms with E-state index in [1.807, 2.05) is 6.07 Å². The molecular formula is C23H26F3N5O2. The van der Waals surface area contributed by atoms with Crippen molar-refractivity contribution < 1.29 is 22.7 Å². The molecule has 176 valence electrons. The molecule has 1 heterocycles. The van der Waals surface area contributed by atoms with Gasteiger partial charge in [-0.3, -0.25) is 9.79 Å². The first kappa shape index (κ1) is 25.6. The molecule has 0 aliphatic rings. The maximum atomic E-state index is 13.8. The molecule has 0 radical (unpaired) electrons. The van der Waals surface area contributed by atoms with E-state index < -0.39 is 11.7 Å². The number of rotatable bonds is 9. The van der Waals surface area contributed by atoms with E-state index >= 15 is 0 Å². The third-order valence-electron chi connectivity index (χ3n) is 4.92. The molecule has 10 heteroatoms. The molecular weight excluding hydrogens is 435 g/mol. The van der Waals surface area contributed by atoms with Gasteiger partial charge in [0.05, 0.1) is 23.6 Å². The van der Waals surface area contributed by atoms with Crippen molar-refractivity contribution >= 4 is 24.0 Å². The number of ether oxygens (including phenoxy) is 1. The fourth-order valence-corrected chi connectivity index (χ4v) is 3.16. The number of halogens is 3. The van der Waals surface area contributed by atoms with Crippen molar-refractivity contribution in [2.45, 2.75) is 25.9 Å². The van der Waals surface area contributed by atoms with Crippen molar-refractivity contribution in [2.75, 3.05) is 39.2 Å². The van der Waals surface area contributed by atoms with Crippen molar-refractivity contribution in [3.8, 4) is 23.1 Å². The summed E-state index contributed by atoms with van der Waals surface area (Å²) in [5, 5.41) is 9.42. The quantitative estimate of drug-likeness (QED) is 0.400. The van der Waals surface area contributed by atoms with Crippen LogP contribution in [0.2, 0.25) is 0 Å². The number of nitrogens with zero attached hydrogens (tertiary/aromatic N) is 5. The second-order valence-corrected chi connectivity index (χ2v) is 7.47. The highest BCUT2D eigenvalue weighted by atomic mass is 19.4. The zero-order valence-electron chi connectivity index (χ0n) is 19.0. The number of carbonyl (C=O) groups is 1. The topological polar surface area (TPSA) is 81.8 Å². The van der Waals surface area contributed by atoms with Crippen molar-refractivity contribution in [3.05, 3.63) is 35.5 Å². The van der Waals surface area contributed by atoms with Crippen molar-refractivity contribution in [2.24, 2.45) is 4.99 Å². The van der Waals surface area contributed by atoms with Crippen LogP contribution in [0.15, 0.2) is 29.3 Å². The lowest BCUT2D eigenvalue weighted by molar-refractivity contribution is -0.138. The maximum absolute atomic E-state index is 13.8. The Balaban J connectivity index is 2.37. The second-order valence-electron chi connectivity index (χ2n) is 7.47. The van der Waals surface area contributed by atoms with E-state index in [2.05, 4.69) is 16.7 Å². The lowest BCUT2D eigenvalue weighted by Crippen LogP contribution is -2.27. The third kappa shape index (κ3) is 6.22. The molecule has 0 N–H and O–H groups in total. The van der Waals surface area contributed by atoms with Crippen LogP contribution in [0.3, 0.4) is 0 Å². The smallest absolute Gasteiger partial charge is 0.419 e. The number of hydrogen-bond acceptors (Lipinski definition) is 6. The van der Waals surface area contributed by atoms with E-state index in [0.29, 0.717) is 25.1 Å². The van der Waals surface area contributed by atoms with Crippen LogP contribution in [-0.4, -0.2) is 56.8 Å². The fourth-order valence-electron chi connectivity index (χ4n) is 3.16. The highest BCUT2D eigenvalue weighted by Gasteiger charge is 2.35. The van der Waals surface area contributed by atoms with E-state index in [4.69, 9.17) is 4.74 Å². The van der Waals surface area contributed by atoms with Gasteiger partial charge in [0.2, 0.25) is 5.91 Å². The number of carbonyl (C=O) groups excluding carboxylic acids is 1. The van der Waals surface area contributed by atoms with Gasteiger partial charge in [-0.15, -0.1) is 0 Å². The van der Waals surface area contributed by atoms with Crippen molar-refractivity contribution in [1.82, 2.24) is 9.88 Å². The zero-order chi connectivity index (χ0) is 24.8. The molecule has 0 unspecified atom stereocenters. The Morgan fingerprint density at radius 1 is 1.27 bits per heavy atom. The van der Waals surface area contributed by atoms with E-state index in [1.54, 1.807) is 39.0 Å². The molecule has 0 spiro atoms. The number of aromatic nitrogens is 1. The van der Waals surface area contributed by atoms with Crippen LogP contribution in [0.25, 0.3) is 11.3 Å². The molecule has 1 aromatic carbocycles. The summed E-state index contributed by atoms with van der Waals surface area (Å²) in [6, 6.07) is 7.12. The molecule has 0 aliphatic heterocycles. The minimum Gasteiger partial charge on any atom is -0.493 e. The molecule has 1 aromatic heterocycles. The highest BCUT2D eigenvalue weighted by molar-refractivity contribution is 5.79. The van der Waals surface area contributed by atoms with Gasteiger partial charge < -0.3 is 14.5 Å². The lowest BCUT2D eigenvalue weighted by atomic mass is 10.0. The average molecular weight is 461 g/mol. The molecule has 0 saturated heterocycles. The van der Waals surface area contributed by atoms with Crippen LogP contribution in [0.1, 0.15) is 31.0 Å². The molecule has 0 fully saturated rings. The summed E-state index contributed by atoms with van der Waals surface area (Å²) in [4.78, 5) is 22.8. The third-order valence-corrected chi connectivity index (χ3v) is 4.92. The average Bonchev–Trinajstić information content (AvgIpc) is 2.79. The van der Waals surface area contributed by atoms with Crippen LogP contribution >= 0.6 is 0 Å². The van der Waals surface area contributed by atoms with Crippen molar-refractivity contribution in [3.63, 3.8) is 0 Å². The Hall–Kier alpha value is -3.61. The summed E-state index contributed by atoms with van der Waals surface area (Å²) in [7, 11) is 5.08. The summed E-state index contributed by atoms with van der Waals surface area (Å²) in [6.07, 6.45) is -3.92. The largest absolute Gasteiger partial charge is 0.493 e. The molecule has 2 aromatic rings. The van der Waals surface area contributed by atoms with Crippen LogP contribution < -0.4 is 9.64 Å². The first-order valence-corrected chi connectivity index (χ1v) is 10.2. The second kappa shape index (κ2) is 10.8. The molecule has 1 amide bonds. The number of pyridine rings is 1. The van der Waals surface area contributed by atoms with Gasteiger partial charge >= 0.3 is 6.18 Å². The van der Waals surface area contributed by atoms with E-state index in [-0.39, 0.29) is 40.9 Å². The van der Waals surface area contributed by atoms with Crippen LogP contribution in [0.4, 0.5) is 24.5 Å². The highest BCUT2D eigenvalue weighted by Crippen LogP contribution is 2.40. The van der Waals surface area contributed by atoms with Crippen LogP contribution in [0.5, 0.6) is 5.75 Å². The van der Waals surface area contributed by atoms with Gasteiger partial charge in [-0.05, 0) is 37.4 Å². The Labute approximate surface area is 191 Å². The number of benzene rings is 1. The molecule has 0 atom stereocenters. The molecule has 2 rings (SSSR count). The van der Waals surface area contributed by atoms with Gasteiger partial charge in [-0.25, -0.2) is 4.98 Å². The molecule has 0 aliphatic carbocycles. The van der Waals surface area contributed by atoms with Gasteiger partial charge in [0.1, 0.15) is 17.5 Å². The van der Waals surface area contributed by atoms with E-state index in [1.165, 1.54) is 17.0 Å². The van der Waals surface area contributed by atoms with Gasteiger partial charge in [0, 0.05) is 39.7 Å². The van der Waals surface area contributed by atoms with E-state index in [9.17, 15) is 23.2 Å². The molecule has 7 nitrogen and oxygen atoms in total. The molecule has 0 saturated carbocycles.